The van der Waals surface area contributed by atoms with Gasteiger partial charge in [0.25, 0.3) is 0 Å². The average Bonchev–Trinajstić information content (AvgIpc) is 3.24. The van der Waals surface area contributed by atoms with E-state index in [-0.39, 0.29) is 41.0 Å². The van der Waals surface area contributed by atoms with Crippen molar-refractivity contribution in [2.75, 3.05) is 13.2 Å². The number of hydrogen-bond donors (Lipinski definition) is 1. The summed E-state index contributed by atoms with van der Waals surface area (Å²) in [7, 11) is -3.63. The van der Waals surface area contributed by atoms with Crippen molar-refractivity contribution in [3.05, 3.63) is 89.4 Å². The van der Waals surface area contributed by atoms with Crippen molar-refractivity contribution >= 4 is 21.7 Å². The van der Waals surface area contributed by atoms with E-state index in [0.29, 0.717) is 12.8 Å². The Labute approximate surface area is 187 Å². The molecule has 0 saturated carbocycles. The van der Waals surface area contributed by atoms with Crippen LogP contribution in [0.4, 0.5) is 0 Å². The van der Waals surface area contributed by atoms with Crippen molar-refractivity contribution in [1.29, 1.82) is 0 Å². The molecular weight excluding hydrogens is 430 g/mol. The van der Waals surface area contributed by atoms with Crippen LogP contribution in [0, 0.1) is 6.92 Å². The van der Waals surface area contributed by atoms with Gasteiger partial charge in [0.1, 0.15) is 6.61 Å². The van der Waals surface area contributed by atoms with Crippen molar-refractivity contribution in [2.24, 2.45) is 0 Å². The quantitative estimate of drug-likeness (QED) is 0.371. The molecule has 0 aliphatic carbocycles. The Kier molecular flexibility index (Phi) is 7.83. The lowest BCUT2D eigenvalue weighted by molar-refractivity contribution is -0.121. The van der Waals surface area contributed by atoms with Gasteiger partial charge in [0, 0.05) is 12.0 Å². The van der Waals surface area contributed by atoms with E-state index in [2.05, 4.69) is 5.32 Å². The first-order valence-electron chi connectivity index (χ1n) is 10.2. The van der Waals surface area contributed by atoms with Gasteiger partial charge in [-0.1, -0.05) is 48.0 Å². The zero-order chi connectivity index (χ0) is 23.0. The summed E-state index contributed by atoms with van der Waals surface area (Å²) < 4.78 is 35.4. The van der Waals surface area contributed by atoms with E-state index in [1.807, 2.05) is 31.2 Å². The fraction of sp³-hybridized carbons (Fsp3) is 0.250. The lowest BCUT2D eigenvalue weighted by Gasteiger charge is -2.08. The molecule has 3 aromatic rings. The molecule has 32 heavy (non-hydrogen) atoms. The highest BCUT2D eigenvalue weighted by atomic mass is 32.2. The largest absolute Gasteiger partial charge is 0.458 e. The van der Waals surface area contributed by atoms with E-state index in [4.69, 9.17) is 9.15 Å². The standard InChI is InChI=1S/C24H25NO6S/c1-18-7-9-19(10-8-18)11-12-22(26)25-14-16-31-24(27)23-20(13-15-30-23)17-32(28,29)21-5-3-2-4-6-21/h2-10,13,15H,11-12,14,16-17H2,1H3,(H,25,26). The fourth-order valence-electron chi connectivity index (χ4n) is 3.05. The number of ether oxygens (including phenoxy) is 1. The summed E-state index contributed by atoms with van der Waals surface area (Å²) in [5.41, 5.74) is 2.46. The van der Waals surface area contributed by atoms with Crippen LogP contribution in [-0.4, -0.2) is 33.4 Å². The van der Waals surface area contributed by atoms with Gasteiger partial charge in [-0.2, -0.15) is 0 Å². The zero-order valence-electron chi connectivity index (χ0n) is 17.7. The van der Waals surface area contributed by atoms with Gasteiger partial charge in [-0.05, 0) is 37.1 Å². The van der Waals surface area contributed by atoms with Crippen LogP contribution in [0.15, 0.2) is 76.2 Å². The zero-order valence-corrected chi connectivity index (χ0v) is 18.6. The molecule has 1 N–H and O–H groups in total. The Morgan fingerprint density at radius 2 is 1.72 bits per heavy atom. The number of amides is 1. The molecule has 1 amide bonds. The van der Waals surface area contributed by atoms with Gasteiger partial charge in [0.05, 0.1) is 23.5 Å². The Balaban J connectivity index is 1.44. The molecule has 0 spiro atoms. The number of rotatable bonds is 10. The van der Waals surface area contributed by atoms with Gasteiger partial charge in [0.15, 0.2) is 9.84 Å². The third kappa shape index (κ3) is 6.55. The highest BCUT2D eigenvalue weighted by Gasteiger charge is 2.23. The Hall–Kier alpha value is -3.39. The van der Waals surface area contributed by atoms with Gasteiger partial charge < -0.3 is 14.5 Å². The van der Waals surface area contributed by atoms with E-state index in [1.165, 1.54) is 24.5 Å². The van der Waals surface area contributed by atoms with Crippen LogP contribution in [0.2, 0.25) is 0 Å². The van der Waals surface area contributed by atoms with Gasteiger partial charge in [0.2, 0.25) is 11.7 Å². The number of carbonyl (C=O) groups excluding carboxylic acids is 2. The summed E-state index contributed by atoms with van der Waals surface area (Å²) in [6.07, 6.45) is 2.20. The maximum absolute atomic E-state index is 12.5. The third-order valence-electron chi connectivity index (χ3n) is 4.80. The predicted molar refractivity (Wildman–Crippen MR) is 119 cm³/mol. The molecule has 1 aromatic heterocycles. The SMILES string of the molecule is Cc1ccc(CCC(=O)NCCOC(=O)c2occc2CS(=O)(=O)c2ccccc2)cc1. The molecule has 2 aromatic carbocycles. The lowest BCUT2D eigenvalue weighted by atomic mass is 10.1. The maximum Gasteiger partial charge on any atom is 0.374 e. The van der Waals surface area contributed by atoms with Crippen LogP contribution in [0.25, 0.3) is 0 Å². The van der Waals surface area contributed by atoms with E-state index in [1.54, 1.807) is 18.2 Å². The molecule has 0 bridgehead atoms. The van der Waals surface area contributed by atoms with Crippen molar-refractivity contribution < 1.29 is 27.2 Å². The smallest absolute Gasteiger partial charge is 0.374 e. The fourth-order valence-corrected chi connectivity index (χ4v) is 4.42. The molecule has 8 heteroatoms. The van der Waals surface area contributed by atoms with Crippen LogP contribution in [0.3, 0.4) is 0 Å². The van der Waals surface area contributed by atoms with Crippen molar-refractivity contribution in [3.63, 3.8) is 0 Å². The minimum Gasteiger partial charge on any atom is -0.458 e. The van der Waals surface area contributed by atoms with Crippen molar-refractivity contribution in [1.82, 2.24) is 5.32 Å². The number of furan rings is 1. The van der Waals surface area contributed by atoms with E-state index in [9.17, 15) is 18.0 Å². The number of esters is 1. The van der Waals surface area contributed by atoms with E-state index < -0.39 is 15.8 Å². The molecule has 0 unspecified atom stereocenters. The molecule has 0 aliphatic heterocycles. The minimum absolute atomic E-state index is 0.0549. The molecule has 3 rings (SSSR count). The number of benzene rings is 2. The number of sulfone groups is 1. The Morgan fingerprint density at radius 3 is 2.44 bits per heavy atom. The minimum atomic E-state index is -3.63. The predicted octanol–water partition coefficient (Wildman–Crippen LogP) is 3.47. The molecule has 7 nitrogen and oxygen atoms in total. The second-order valence-corrected chi connectivity index (χ2v) is 9.31. The van der Waals surface area contributed by atoms with Crippen LogP contribution in [0.1, 0.15) is 33.7 Å². The van der Waals surface area contributed by atoms with Crippen molar-refractivity contribution in [3.8, 4) is 0 Å². The number of nitrogens with one attached hydrogen (secondary N) is 1. The first-order chi connectivity index (χ1) is 15.3. The summed E-state index contributed by atoms with van der Waals surface area (Å²) in [6, 6.07) is 17.4. The maximum atomic E-state index is 12.5. The van der Waals surface area contributed by atoms with Gasteiger partial charge in [-0.25, -0.2) is 13.2 Å². The summed E-state index contributed by atoms with van der Waals surface area (Å²) in [5, 5.41) is 2.70. The molecule has 0 radical (unpaired) electrons. The summed E-state index contributed by atoms with van der Waals surface area (Å²) >= 11 is 0. The second kappa shape index (κ2) is 10.8. The van der Waals surface area contributed by atoms with Crippen LogP contribution in [0.5, 0.6) is 0 Å². The summed E-state index contributed by atoms with van der Waals surface area (Å²) in [5.74, 6) is -1.46. The highest BCUT2D eigenvalue weighted by molar-refractivity contribution is 7.90. The van der Waals surface area contributed by atoms with Crippen LogP contribution in [-0.2, 0) is 31.5 Å². The second-order valence-electron chi connectivity index (χ2n) is 7.32. The number of aryl methyl sites for hydroxylation is 2. The van der Waals surface area contributed by atoms with E-state index in [0.717, 1.165) is 11.1 Å². The van der Waals surface area contributed by atoms with Gasteiger partial charge in [-0.3, -0.25) is 4.79 Å². The lowest BCUT2D eigenvalue weighted by Crippen LogP contribution is -2.28. The van der Waals surface area contributed by atoms with E-state index >= 15 is 0 Å². The average molecular weight is 456 g/mol. The topological polar surface area (TPSA) is 103 Å². The van der Waals surface area contributed by atoms with Crippen LogP contribution >= 0.6 is 0 Å². The highest BCUT2D eigenvalue weighted by Crippen LogP contribution is 2.20. The monoisotopic (exact) mass is 455 g/mol. The Morgan fingerprint density at radius 1 is 1.00 bits per heavy atom. The molecular formula is C24H25NO6S. The summed E-state index contributed by atoms with van der Waals surface area (Å²) in [4.78, 5) is 24.4. The number of carbonyl (C=O) groups is 2. The molecule has 1 heterocycles. The molecule has 0 atom stereocenters. The molecule has 0 saturated heterocycles. The first-order valence-corrected chi connectivity index (χ1v) is 11.8. The van der Waals surface area contributed by atoms with Crippen molar-refractivity contribution in [2.45, 2.75) is 30.4 Å². The Bertz CT molecular complexity index is 1150. The normalized spacial score (nSPS) is 11.2. The van der Waals surface area contributed by atoms with Gasteiger partial charge >= 0.3 is 5.97 Å². The molecule has 0 fully saturated rings. The van der Waals surface area contributed by atoms with Gasteiger partial charge in [-0.15, -0.1) is 0 Å². The number of hydrogen-bond acceptors (Lipinski definition) is 6. The van der Waals surface area contributed by atoms with Crippen LogP contribution < -0.4 is 5.32 Å². The molecule has 168 valence electrons. The third-order valence-corrected chi connectivity index (χ3v) is 6.48. The summed E-state index contributed by atoms with van der Waals surface area (Å²) in [6.45, 7) is 2.10. The molecule has 0 aliphatic rings. The first kappa shape index (κ1) is 23.3.